The Morgan fingerprint density at radius 2 is 1.75 bits per heavy atom. The molecule has 1 amide bonds. The summed E-state index contributed by atoms with van der Waals surface area (Å²) in [6.07, 6.45) is 1.08. The number of benzene rings is 1. The zero-order valence-corrected chi connectivity index (χ0v) is 11.0. The highest BCUT2D eigenvalue weighted by molar-refractivity contribution is 7.99. The lowest BCUT2D eigenvalue weighted by atomic mass is 10.1. The minimum Gasteiger partial charge on any atom is -0.348 e. The number of rotatable bonds is 5. The second kappa shape index (κ2) is 6.59. The van der Waals surface area contributed by atoms with Crippen LogP contribution in [0.3, 0.4) is 0 Å². The summed E-state index contributed by atoms with van der Waals surface area (Å²) in [7, 11) is 3.58. The molecule has 3 heteroatoms. The quantitative estimate of drug-likeness (QED) is 0.784. The van der Waals surface area contributed by atoms with Crippen LogP contribution in [0.5, 0.6) is 0 Å². The second-order valence-electron chi connectivity index (χ2n) is 3.95. The van der Waals surface area contributed by atoms with E-state index in [0.717, 1.165) is 12.2 Å². The predicted molar refractivity (Wildman–Crippen MR) is 70.7 cm³/mol. The molecule has 1 rings (SSSR count). The topological polar surface area (TPSA) is 20.3 Å². The highest BCUT2D eigenvalue weighted by atomic mass is 32.2. The molecular formula is C13H19NOS. The van der Waals surface area contributed by atoms with E-state index in [2.05, 4.69) is 31.2 Å². The predicted octanol–water partition coefficient (Wildman–Crippen LogP) is 2.57. The van der Waals surface area contributed by atoms with Gasteiger partial charge in [-0.1, -0.05) is 31.2 Å². The molecule has 0 bridgehead atoms. The van der Waals surface area contributed by atoms with E-state index in [1.807, 2.05) is 0 Å². The van der Waals surface area contributed by atoms with E-state index < -0.39 is 0 Å². The summed E-state index contributed by atoms with van der Waals surface area (Å²) in [4.78, 5) is 13.0. The second-order valence-corrected chi connectivity index (χ2v) is 4.94. The Labute approximate surface area is 102 Å². The van der Waals surface area contributed by atoms with Gasteiger partial charge in [-0.25, -0.2) is 0 Å². The highest BCUT2D eigenvalue weighted by Crippen LogP contribution is 2.13. The van der Waals surface area contributed by atoms with E-state index in [0.29, 0.717) is 5.75 Å². The van der Waals surface area contributed by atoms with Gasteiger partial charge in [0, 0.05) is 19.8 Å². The van der Waals surface area contributed by atoms with Gasteiger partial charge in [0.15, 0.2) is 0 Å². The van der Waals surface area contributed by atoms with Gasteiger partial charge in [-0.15, -0.1) is 11.8 Å². The molecule has 0 fully saturated rings. The lowest BCUT2D eigenvalue weighted by Gasteiger charge is -2.09. The minimum absolute atomic E-state index is 0.176. The van der Waals surface area contributed by atoms with Crippen LogP contribution >= 0.6 is 11.8 Å². The first-order valence-corrected chi connectivity index (χ1v) is 6.64. The standard InChI is InChI=1S/C13H19NOS/c1-4-11-5-7-12(8-6-11)9-16-10-13(15)14(2)3/h5-8H,4,9-10H2,1-3H3. The summed E-state index contributed by atoms with van der Waals surface area (Å²) in [5.41, 5.74) is 2.65. The van der Waals surface area contributed by atoms with Gasteiger partial charge in [-0.3, -0.25) is 4.79 Å². The number of thioether (sulfide) groups is 1. The Hall–Kier alpha value is -0.960. The van der Waals surface area contributed by atoms with Crippen molar-refractivity contribution in [2.75, 3.05) is 19.8 Å². The van der Waals surface area contributed by atoms with E-state index in [1.54, 1.807) is 30.8 Å². The molecule has 0 aromatic heterocycles. The minimum atomic E-state index is 0.176. The third-order valence-electron chi connectivity index (χ3n) is 2.42. The lowest BCUT2D eigenvalue weighted by Crippen LogP contribution is -2.23. The molecule has 0 aliphatic heterocycles. The molecular weight excluding hydrogens is 218 g/mol. The Bertz CT molecular complexity index is 332. The summed E-state index contributed by atoms with van der Waals surface area (Å²) < 4.78 is 0. The normalized spacial score (nSPS) is 10.2. The summed E-state index contributed by atoms with van der Waals surface area (Å²) in [5, 5.41) is 0. The zero-order valence-electron chi connectivity index (χ0n) is 10.2. The van der Waals surface area contributed by atoms with E-state index in [4.69, 9.17) is 0 Å². The fourth-order valence-electron chi connectivity index (χ4n) is 1.26. The fourth-order valence-corrected chi connectivity index (χ4v) is 2.22. The third-order valence-corrected chi connectivity index (χ3v) is 3.41. The SMILES string of the molecule is CCc1ccc(CSCC(=O)N(C)C)cc1. The highest BCUT2D eigenvalue weighted by Gasteiger charge is 2.03. The molecule has 0 spiro atoms. The molecule has 0 atom stereocenters. The first-order chi connectivity index (χ1) is 7.63. The van der Waals surface area contributed by atoms with Crippen molar-refractivity contribution in [1.29, 1.82) is 0 Å². The van der Waals surface area contributed by atoms with Crippen LogP contribution in [0.15, 0.2) is 24.3 Å². The number of nitrogens with zero attached hydrogens (tertiary/aromatic N) is 1. The Morgan fingerprint density at radius 1 is 1.19 bits per heavy atom. The Balaban J connectivity index is 2.34. The molecule has 0 aliphatic rings. The van der Waals surface area contributed by atoms with E-state index >= 15 is 0 Å². The number of carbonyl (C=O) groups is 1. The first-order valence-electron chi connectivity index (χ1n) is 5.49. The van der Waals surface area contributed by atoms with Gasteiger partial charge in [0.25, 0.3) is 0 Å². The number of hydrogen-bond donors (Lipinski definition) is 0. The van der Waals surface area contributed by atoms with Crippen molar-refractivity contribution >= 4 is 17.7 Å². The van der Waals surface area contributed by atoms with Crippen LogP contribution in [-0.4, -0.2) is 30.7 Å². The smallest absolute Gasteiger partial charge is 0.232 e. The van der Waals surface area contributed by atoms with Crippen LogP contribution < -0.4 is 0 Å². The molecule has 88 valence electrons. The summed E-state index contributed by atoms with van der Waals surface area (Å²) >= 11 is 1.67. The van der Waals surface area contributed by atoms with Crippen molar-refractivity contribution in [2.45, 2.75) is 19.1 Å². The lowest BCUT2D eigenvalue weighted by molar-refractivity contribution is -0.125. The Morgan fingerprint density at radius 3 is 2.25 bits per heavy atom. The van der Waals surface area contributed by atoms with E-state index in [9.17, 15) is 4.79 Å². The number of hydrogen-bond acceptors (Lipinski definition) is 2. The molecule has 0 unspecified atom stereocenters. The monoisotopic (exact) mass is 237 g/mol. The van der Waals surface area contributed by atoms with Gasteiger partial charge in [-0.2, -0.15) is 0 Å². The molecule has 0 saturated heterocycles. The molecule has 16 heavy (non-hydrogen) atoms. The van der Waals surface area contributed by atoms with Crippen molar-refractivity contribution in [3.05, 3.63) is 35.4 Å². The van der Waals surface area contributed by atoms with Crippen molar-refractivity contribution in [1.82, 2.24) is 4.90 Å². The van der Waals surface area contributed by atoms with Gasteiger partial charge in [0.1, 0.15) is 0 Å². The van der Waals surface area contributed by atoms with Gasteiger partial charge in [0.2, 0.25) is 5.91 Å². The van der Waals surface area contributed by atoms with Crippen molar-refractivity contribution < 1.29 is 4.79 Å². The molecule has 0 heterocycles. The maximum atomic E-state index is 11.3. The zero-order chi connectivity index (χ0) is 12.0. The summed E-state index contributed by atoms with van der Waals surface area (Å²) in [6, 6.07) is 8.60. The molecule has 0 radical (unpaired) electrons. The van der Waals surface area contributed by atoms with Crippen LogP contribution in [0.4, 0.5) is 0 Å². The number of carbonyl (C=O) groups excluding carboxylic acids is 1. The number of amides is 1. The van der Waals surface area contributed by atoms with Gasteiger partial charge < -0.3 is 4.90 Å². The summed E-state index contributed by atoms with van der Waals surface area (Å²) in [6.45, 7) is 2.15. The largest absolute Gasteiger partial charge is 0.348 e. The fraction of sp³-hybridized carbons (Fsp3) is 0.462. The molecule has 0 N–H and O–H groups in total. The van der Waals surface area contributed by atoms with Crippen molar-refractivity contribution in [3.63, 3.8) is 0 Å². The summed E-state index contributed by atoms with van der Waals surface area (Å²) in [5.74, 6) is 1.64. The third kappa shape index (κ3) is 4.27. The molecule has 0 saturated carbocycles. The van der Waals surface area contributed by atoms with E-state index in [-0.39, 0.29) is 5.91 Å². The molecule has 0 aliphatic carbocycles. The van der Waals surface area contributed by atoms with Crippen LogP contribution in [-0.2, 0) is 17.0 Å². The van der Waals surface area contributed by atoms with Gasteiger partial charge in [-0.05, 0) is 17.5 Å². The first kappa shape index (κ1) is 13.1. The maximum absolute atomic E-state index is 11.3. The van der Waals surface area contributed by atoms with Gasteiger partial charge >= 0.3 is 0 Å². The molecule has 1 aromatic carbocycles. The van der Waals surface area contributed by atoms with E-state index in [1.165, 1.54) is 11.1 Å². The van der Waals surface area contributed by atoms with Gasteiger partial charge in [0.05, 0.1) is 5.75 Å². The van der Waals surface area contributed by atoms with Crippen molar-refractivity contribution in [2.24, 2.45) is 0 Å². The number of aryl methyl sites for hydroxylation is 1. The molecule has 1 aromatic rings. The average molecular weight is 237 g/mol. The van der Waals surface area contributed by atoms with Crippen LogP contribution in [0.2, 0.25) is 0 Å². The Kier molecular flexibility index (Phi) is 5.39. The average Bonchev–Trinajstić information content (AvgIpc) is 2.29. The van der Waals surface area contributed by atoms with Crippen LogP contribution in [0.25, 0.3) is 0 Å². The van der Waals surface area contributed by atoms with Crippen LogP contribution in [0.1, 0.15) is 18.1 Å². The van der Waals surface area contributed by atoms with Crippen LogP contribution in [0, 0.1) is 0 Å². The molecule has 2 nitrogen and oxygen atoms in total. The maximum Gasteiger partial charge on any atom is 0.232 e. The van der Waals surface area contributed by atoms with Crippen molar-refractivity contribution in [3.8, 4) is 0 Å².